The van der Waals surface area contributed by atoms with Gasteiger partial charge in [-0.2, -0.15) is 4.98 Å². The first-order chi connectivity index (χ1) is 9.20. The SMILES string of the molecule is Cc1noc(CCNc2cc(Cl)nc(C3CC3)n2)n1. The van der Waals surface area contributed by atoms with Gasteiger partial charge in [-0.15, -0.1) is 0 Å². The van der Waals surface area contributed by atoms with Gasteiger partial charge in [0.25, 0.3) is 0 Å². The summed E-state index contributed by atoms with van der Waals surface area (Å²) < 4.78 is 5.04. The monoisotopic (exact) mass is 279 g/mol. The second-order valence-electron chi connectivity index (χ2n) is 4.62. The fourth-order valence-corrected chi connectivity index (χ4v) is 1.98. The maximum Gasteiger partial charge on any atom is 0.228 e. The van der Waals surface area contributed by atoms with Crippen LogP contribution in [-0.4, -0.2) is 26.7 Å². The van der Waals surface area contributed by atoms with E-state index in [1.807, 2.05) is 0 Å². The standard InChI is InChI=1S/C12H14ClN5O/c1-7-15-11(19-18-7)4-5-14-10-6-9(13)16-12(17-10)8-2-3-8/h6,8H,2-5H2,1H3,(H,14,16,17). The Hall–Kier alpha value is -1.69. The quantitative estimate of drug-likeness (QED) is 0.847. The molecule has 100 valence electrons. The molecule has 2 aromatic rings. The Kier molecular flexibility index (Phi) is 3.33. The van der Waals surface area contributed by atoms with Crippen LogP contribution in [0.25, 0.3) is 0 Å². The molecule has 6 nitrogen and oxygen atoms in total. The minimum absolute atomic E-state index is 0.480. The molecule has 0 aliphatic heterocycles. The van der Waals surface area contributed by atoms with Crippen LogP contribution in [0.1, 0.15) is 36.3 Å². The van der Waals surface area contributed by atoms with Crippen molar-refractivity contribution >= 4 is 17.4 Å². The lowest BCUT2D eigenvalue weighted by molar-refractivity contribution is 0.377. The molecular formula is C12H14ClN5O. The Bertz CT molecular complexity index is 581. The smallest absolute Gasteiger partial charge is 0.228 e. The summed E-state index contributed by atoms with van der Waals surface area (Å²) in [6, 6.07) is 1.73. The summed E-state index contributed by atoms with van der Waals surface area (Å²) in [4.78, 5) is 12.8. The van der Waals surface area contributed by atoms with Gasteiger partial charge < -0.3 is 9.84 Å². The number of nitrogens with one attached hydrogen (secondary N) is 1. The number of halogens is 1. The summed E-state index contributed by atoms with van der Waals surface area (Å²) in [5, 5.41) is 7.42. The molecule has 1 aliphatic rings. The first kappa shape index (κ1) is 12.3. The van der Waals surface area contributed by atoms with Gasteiger partial charge in [-0.25, -0.2) is 9.97 Å². The van der Waals surface area contributed by atoms with E-state index in [0.29, 0.717) is 35.8 Å². The third kappa shape index (κ3) is 3.20. The predicted octanol–water partition coefficient (Wildman–Crippen LogP) is 2.35. The number of nitrogens with zero attached hydrogens (tertiary/aromatic N) is 4. The Morgan fingerprint density at radius 2 is 2.21 bits per heavy atom. The van der Waals surface area contributed by atoms with Crippen molar-refractivity contribution in [3.05, 3.63) is 28.8 Å². The number of aromatic nitrogens is 4. The Morgan fingerprint density at radius 1 is 1.37 bits per heavy atom. The molecule has 2 aromatic heterocycles. The summed E-state index contributed by atoms with van der Waals surface area (Å²) >= 11 is 5.99. The van der Waals surface area contributed by atoms with Gasteiger partial charge in [0.15, 0.2) is 5.82 Å². The molecule has 0 atom stereocenters. The molecule has 0 saturated heterocycles. The van der Waals surface area contributed by atoms with Crippen LogP contribution in [-0.2, 0) is 6.42 Å². The van der Waals surface area contributed by atoms with Crippen LogP contribution >= 0.6 is 11.6 Å². The molecule has 2 heterocycles. The van der Waals surface area contributed by atoms with E-state index in [9.17, 15) is 0 Å². The molecule has 19 heavy (non-hydrogen) atoms. The van der Waals surface area contributed by atoms with Crippen LogP contribution in [0.3, 0.4) is 0 Å². The van der Waals surface area contributed by atoms with Gasteiger partial charge in [-0.3, -0.25) is 0 Å². The molecule has 0 bridgehead atoms. The van der Waals surface area contributed by atoms with Gasteiger partial charge in [0.05, 0.1) is 0 Å². The van der Waals surface area contributed by atoms with Crippen LogP contribution in [0.4, 0.5) is 5.82 Å². The van der Waals surface area contributed by atoms with E-state index in [-0.39, 0.29) is 0 Å². The van der Waals surface area contributed by atoms with E-state index >= 15 is 0 Å². The molecule has 1 aliphatic carbocycles. The molecular weight excluding hydrogens is 266 g/mol. The van der Waals surface area contributed by atoms with Crippen LogP contribution < -0.4 is 5.32 Å². The normalized spacial score (nSPS) is 14.6. The maximum absolute atomic E-state index is 5.99. The zero-order valence-electron chi connectivity index (χ0n) is 10.6. The average molecular weight is 280 g/mol. The molecule has 3 rings (SSSR count). The van der Waals surface area contributed by atoms with Gasteiger partial charge in [0, 0.05) is 24.9 Å². The second kappa shape index (κ2) is 5.13. The zero-order valence-corrected chi connectivity index (χ0v) is 11.3. The van der Waals surface area contributed by atoms with E-state index in [0.717, 1.165) is 24.5 Å². The molecule has 1 N–H and O–H groups in total. The summed E-state index contributed by atoms with van der Waals surface area (Å²) in [5.74, 6) is 3.34. The Balaban J connectivity index is 1.60. The van der Waals surface area contributed by atoms with Gasteiger partial charge in [-0.1, -0.05) is 16.8 Å². The third-order valence-corrected chi connectivity index (χ3v) is 3.06. The summed E-state index contributed by atoms with van der Waals surface area (Å²) in [5.41, 5.74) is 0. The lowest BCUT2D eigenvalue weighted by Gasteiger charge is -2.06. The fourth-order valence-electron chi connectivity index (χ4n) is 1.79. The maximum atomic E-state index is 5.99. The Labute approximate surface area is 115 Å². The highest BCUT2D eigenvalue weighted by Crippen LogP contribution is 2.38. The molecule has 0 aromatic carbocycles. The highest BCUT2D eigenvalue weighted by atomic mass is 35.5. The summed E-state index contributed by atoms with van der Waals surface area (Å²) in [7, 11) is 0. The van der Waals surface area contributed by atoms with Crippen molar-refractivity contribution in [1.82, 2.24) is 20.1 Å². The molecule has 0 spiro atoms. The van der Waals surface area contributed by atoms with Crippen LogP contribution in [0.15, 0.2) is 10.6 Å². The van der Waals surface area contributed by atoms with Crippen LogP contribution in [0.2, 0.25) is 5.15 Å². The van der Waals surface area contributed by atoms with Crippen LogP contribution in [0, 0.1) is 6.92 Å². The molecule has 0 unspecified atom stereocenters. The Morgan fingerprint density at radius 3 is 2.89 bits per heavy atom. The third-order valence-electron chi connectivity index (χ3n) is 2.87. The van der Waals surface area contributed by atoms with E-state index in [1.54, 1.807) is 13.0 Å². The molecule has 1 fully saturated rings. The van der Waals surface area contributed by atoms with Crippen molar-refractivity contribution in [1.29, 1.82) is 0 Å². The van der Waals surface area contributed by atoms with Crippen LogP contribution in [0.5, 0.6) is 0 Å². The highest BCUT2D eigenvalue weighted by Gasteiger charge is 2.27. The van der Waals surface area contributed by atoms with E-state index in [4.69, 9.17) is 16.1 Å². The number of anilines is 1. The van der Waals surface area contributed by atoms with Crippen molar-refractivity contribution in [3.63, 3.8) is 0 Å². The largest absolute Gasteiger partial charge is 0.369 e. The number of hydrogen-bond acceptors (Lipinski definition) is 6. The number of aryl methyl sites for hydroxylation is 1. The van der Waals surface area contributed by atoms with Gasteiger partial charge in [0.1, 0.15) is 16.8 Å². The number of rotatable bonds is 5. The van der Waals surface area contributed by atoms with Crippen molar-refractivity contribution in [2.75, 3.05) is 11.9 Å². The lowest BCUT2D eigenvalue weighted by atomic mass is 10.4. The van der Waals surface area contributed by atoms with E-state index in [2.05, 4.69) is 25.4 Å². The lowest BCUT2D eigenvalue weighted by Crippen LogP contribution is -2.08. The van der Waals surface area contributed by atoms with Crippen molar-refractivity contribution < 1.29 is 4.52 Å². The van der Waals surface area contributed by atoms with Crippen molar-refractivity contribution in [2.45, 2.75) is 32.1 Å². The van der Waals surface area contributed by atoms with Crippen molar-refractivity contribution in [3.8, 4) is 0 Å². The first-order valence-electron chi connectivity index (χ1n) is 6.28. The molecule has 0 radical (unpaired) electrons. The predicted molar refractivity (Wildman–Crippen MR) is 70.2 cm³/mol. The van der Waals surface area contributed by atoms with Crippen molar-refractivity contribution in [2.24, 2.45) is 0 Å². The highest BCUT2D eigenvalue weighted by molar-refractivity contribution is 6.29. The van der Waals surface area contributed by atoms with E-state index in [1.165, 1.54) is 0 Å². The topological polar surface area (TPSA) is 76.7 Å². The first-order valence-corrected chi connectivity index (χ1v) is 6.66. The van der Waals surface area contributed by atoms with Gasteiger partial charge in [-0.05, 0) is 19.8 Å². The minimum atomic E-state index is 0.480. The minimum Gasteiger partial charge on any atom is -0.369 e. The fraction of sp³-hybridized carbons (Fsp3) is 0.500. The molecule has 7 heteroatoms. The van der Waals surface area contributed by atoms with Gasteiger partial charge >= 0.3 is 0 Å². The van der Waals surface area contributed by atoms with E-state index < -0.39 is 0 Å². The molecule has 1 saturated carbocycles. The number of hydrogen-bond donors (Lipinski definition) is 1. The van der Waals surface area contributed by atoms with Gasteiger partial charge in [0.2, 0.25) is 5.89 Å². The summed E-state index contributed by atoms with van der Waals surface area (Å²) in [6.45, 7) is 2.46. The average Bonchev–Trinajstić information content (AvgIpc) is 3.13. The zero-order chi connectivity index (χ0) is 13.2. The second-order valence-corrected chi connectivity index (χ2v) is 5.01. The summed E-state index contributed by atoms with van der Waals surface area (Å²) in [6.07, 6.45) is 2.96. The molecule has 0 amide bonds.